The van der Waals surface area contributed by atoms with Crippen molar-refractivity contribution in [2.45, 2.75) is 19.6 Å². The first kappa shape index (κ1) is 11.6. The van der Waals surface area contributed by atoms with Gasteiger partial charge in [0.15, 0.2) is 0 Å². The Labute approximate surface area is 91.4 Å². The van der Waals surface area contributed by atoms with Gasteiger partial charge in [-0.15, -0.1) is 0 Å². The van der Waals surface area contributed by atoms with Gasteiger partial charge in [-0.1, -0.05) is 15.9 Å². The van der Waals surface area contributed by atoms with Crippen LogP contribution in [-0.4, -0.2) is 12.6 Å². The van der Waals surface area contributed by atoms with Gasteiger partial charge in [0, 0.05) is 16.6 Å². The Balaban J connectivity index is 2.62. The van der Waals surface area contributed by atoms with Crippen LogP contribution in [0.5, 0.6) is 0 Å². The van der Waals surface area contributed by atoms with E-state index >= 15 is 0 Å². The van der Waals surface area contributed by atoms with Crippen molar-refractivity contribution < 1.29 is 9.13 Å². The highest BCUT2D eigenvalue weighted by atomic mass is 79.9. The van der Waals surface area contributed by atoms with Crippen LogP contribution in [0.4, 0.5) is 4.39 Å². The van der Waals surface area contributed by atoms with Gasteiger partial charge in [0.2, 0.25) is 0 Å². The summed E-state index contributed by atoms with van der Waals surface area (Å²) in [6, 6.07) is 4.78. The number of hydrogen-bond acceptors (Lipinski definition) is 2. The number of nitrogens with two attached hydrogens (primary N) is 1. The monoisotopic (exact) mass is 261 g/mol. The SMILES string of the molecule is CC(CN)OCc1cc(Br)ccc1F. The minimum absolute atomic E-state index is 0.0478. The second-order valence-electron chi connectivity index (χ2n) is 3.09. The average molecular weight is 262 g/mol. The predicted octanol–water partition coefficient (Wildman–Crippen LogP) is 2.45. The molecule has 2 nitrogen and oxygen atoms in total. The van der Waals surface area contributed by atoms with Crippen LogP contribution in [0.15, 0.2) is 22.7 Å². The fourth-order valence-electron chi connectivity index (χ4n) is 0.954. The zero-order valence-electron chi connectivity index (χ0n) is 7.97. The summed E-state index contributed by atoms with van der Waals surface area (Å²) in [6.07, 6.45) is -0.0478. The Morgan fingerprint density at radius 1 is 1.57 bits per heavy atom. The molecule has 0 bridgehead atoms. The normalized spacial score (nSPS) is 12.9. The first-order valence-corrected chi connectivity index (χ1v) is 5.18. The van der Waals surface area contributed by atoms with Crippen molar-refractivity contribution in [3.63, 3.8) is 0 Å². The van der Waals surface area contributed by atoms with E-state index in [1.54, 1.807) is 12.1 Å². The molecule has 1 atom stereocenters. The lowest BCUT2D eigenvalue weighted by Crippen LogP contribution is -2.19. The molecule has 0 aliphatic carbocycles. The topological polar surface area (TPSA) is 35.2 Å². The Morgan fingerprint density at radius 3 is 2.93 bits per heavy atom. The molecule has 0 saturated heterocycles. The van der Waals surface area contributed by atoms with Gasteiger partial charge in [0.05, 0.1) is 12.7 Å². The zero-order chi connectivity index (χ0) is 10.6. The zero-order valence-corrected chi connectivity index (χ0v) is 9.55. The van der Waals surface area contributed by atoms with Crippen LogP contribution in [0.1, 0.15) is 12.5 Å². The largest absolute Gasteiger partial charge is 0.372 e. The molecular weight excluding hydrogens is 249 g/mol. The molecule has 14 heavy (non-hydrogen) atoms. The van der Waals surface area contributed by atoms with Crippen LogP contribution in [0.3, 0.4) is 0 Å². The minimum Gasteiger partial charge on any atom is -0.372 e. The highest BCUT2D eigenvalue weighted by Crippen LogP contribution is 2.16. The van der Waals surface area contributed by atoms with Crippen molar-refractivity contribution in [1.29, 1.82) is 0 Å². The fraction of sp³-hybridized carbons (Fsp3) is 0.400. The van der Waals surface area contributed by atoms with E-state index in [0.717, 1.165) is 4.47 Å². The average Bonchev–Trinajstić information content (AvgIpc) is 2.19. The maximum Gasteiger partial charge on any atom is 0.128 e. The van der Waals surface area contributed by atoms with E-state index in [-0.39, 0.29) is 18.5 Å². The van der Waals surface area contributed by atoms with E-state index in [9.17, 15) is 4.39 Å². The number of rotatable bonds is 4. The van der Waals surface area contributed by atoms with E-state index < -0.39 is 0 Å². The van der Waals surface area contributed by atoms with Crippen molar-refractivity contribution >= 4 is 15.9 Å². The van der Waals surface area contributed by atoms with Crippen LogP contribution in [0.2, 0.25) is 0 Å². The van der Waals surface area contributed by atoms with E-state index in [2.05, 4.69) is 15.9 Å². The maximum atomic E-state index is 13.2. The van der Waals surface area contributed by atoms with Crippen LogP contribution in [0, 0.1) is 5.82 Å². The lowest BCUT2D eigenvalue weighted by atomic mass is 10.2. The van der Waals surface area contributed by atoms with Gasteiger partial charge in [0.1, 0.15) is 5.82 Å². The number of benzene rings is 1. The van der Waals surface area contributed by atoms with Gasteiger partial charge >= 0.3 is 0 Å². The molecule has 2 N–H and O–H groups in total. The third kappa shape index (κ3) is 3.36. The lowest BCUT2D eigenvalue weighted by Gasteiger charge is -2.11. The van der Waals surface area contributed by atoms with E-state index in [0.29, 0.717) is 12.1 Å². The summed E-state index contributed by atoms with van der Waals surface area (Å²) < 4.78 is 19.4. The highest BCUT2D eigenvalue weighted by molar-refractivity contribution is 9.10. The number of ether oxygens (including phenoxy) is 1. The number of hydrogen-bond donors (Lipinski definition) is 1. The third-order valence-electron chi connectivity index (χ3n) is 1.86. The molecular formula is C10H13BrFNO. The fourth-order valence-corrected chi connectivity index (χ4v) is 1.36. The molecule has 0 aliphatic rings. The van der Waals surface area contributed by atoms with E-state index in [4.69, 9.17) is 10.5 Å². The molecule has 0 aliphatic heterocycles. The summed E-state index contributed by atoms with van der Waals surface area (Å²) in [7, 11) is 0. The summed E-state index contributed by atoms with van der Waals surface area (Å²) in [4.78, 5) is 0. The molecule has 4 heteroatoms. The predicted molar refractivity (Wildman–Crippen MR) is 57.4 cm³/mol. The van der Waals surface area contributed by atoms with Gasteiger partial charge in [-0.25, -0.2) is 4.39 Å². The van der Waals surface area contributed by atoms with Crippen molar-refractivity contribution in [3.8, 4) is 0 Å². The summed E-state index contributed by atoms with van der Waals surface area (Å²) in [6.45, 7) is 2.55. The van der Waals surface area contributed by atoms with Crippen molar-refractivity contribution in [2.24, 2.45) is 5.73 Å². The minimum atomic E-state index is -0.252. The van der Waals surface area contributed by atoms with Crippen LogP contribution >= 0.6 is 15.9 Å². The Bertz CT molecular complexity index is 306. The van der Waals surface area contributed by atoms with Crippen molar-refractivity contribution in [3.05, 3.63) is 34.1 Å². The van der Waals surface area contributed by atoms with Crippen LogP contribution in [0.25, 0.3) is 0 Å². The Kier molecular flexibility index (Phi) is 4.51. The number of halogens is 2. The quantitative estimate of drug-likeness (QED) is 0.904. The van der Waals surface area contributed by atoms with Crippen LogP contribution in [-0.2, 0) is 11.3 Å². The molecule has 78 valence electrons. The molecule has 0 aromatic heterocycles. The first-order chi connectivity index (χ1) is 6.63. The lowest BCUT2D eigenvalue weighted by molar-refractivity contribution is 0.0572. The highest BCUT2D eigenvalue weighted by Gasteiger charge is 2.05. The first-order valence-electron chi connectivity index (χ1n) is 4.39. The molecule has 0 radical (unpaired) electrons. The van der Waals surface area contributed by atoms with E-state index in [1.807, 2.05) is 6.92 Å². The van der Waals surface area contributed by atoms with E-state index in [1.165, 1.54) is 6.07 Å². The van der Waals surface area contributed by atoms with Crippen molar-refractivity contribution in [2.75, 3.05) is 6.54 Å². The molecule has 1 unspecified atom stereocenters. The standard InChI is InChI=1S/C10H13BrFNO/c1-7(5-13)14-6-8-4-9(11)2-3-10(8)12/h2-4,7H,5-6,13H2,1H3. The second kappa shape index (κ2) is 5.44. The molecule has 1 aromatic carbocycles. The summed E-state index contributed by atoms with van der Waals surface area (Å²) in [5.74, 6) is -0.252. The summed E-state index contributed by atoms with van der Waals surface area (Å²) in [5, 5.41) is 0. The smallest absolute Gasteiger partial charge is 0.128 e. The van der Waals surface area contributed by atoms with Crippen LogP contribution < -0.4 is 5.73 Å². The molecule has 0 heterocycles. The van der Waals surface area contributed by atoms with Gasteiger partial charge in [-0.3, -0.25) is 0 Å². The molecule has 1 aromatic rings. The molecule has 0 amide bonds. The second-order valence-corrected chi connectivity index (χ2v) is 4.01. The van der Waals surface area contributed by atoms with Gasteiger partial charge < -0.3 is 10.5 Å². The Morgan fingerprint density at radius 2 is 2.29 bits per heavy atom. The molecule has 0 saturated carbocycles. The van der Waals surface area contributed by atoms with Gasteiger partial charge in [-0.2, -0.15) is 0 Å². The summed E-state index contributed by atoms with van der Waals surface area (Å²) >= 11 is 3.27. The van der Waals surface area contributed by atoms with Crippen molar-refractivity contribution in [1.82, 2.24) is 0 Å². The van der Waals surface area contributed by atoms with Gasteiger partial charge in [0.25, 0.3) is 0 Å². The molecule has 0 spiro atoms. The summed E-state index contributed by atoms with van der Waals surface area (Å²) in [5.41, 5.74) is 5.92. The Hall–Kier alpha value is -0.450. The van der Waals surface area contributed by atoms with Gasteiger partial charge in [-0.05, 0) is 25.1 Å². The molecule has 1 rings (SSSR count). The molecule has 0 fully saturated rings. The maximum absolute atomic E-state index is 13.2. The third-order valence-corrected chi connectivity index (χ3v) is 2.36.